The summed E-state index contributed by atoms with van der Waals surface area (Å²) in [7, 11) is 0. The summed E-state index contributed by atoms with van der Waals surface area (Å²) >= 11 is 0. The van der Waals surface area contributed by atoms with E-state index in [1.54, 1.807) is 18.2 Å². The lowest BCUT2D eigenvalue weighted by Crippen LogP contribution is -1.92. The van der Waals surface area contributed by atoms with Crippen molar-refractivity contribution in [1.29, 1.82) is 0 Å². The number of furan rings is 1. The van der Waals surface area contributed by atoms with Crippen molar-refractivity contribution in [1.82, 2.24) is 0 Å². The second-order valence-corrected chi connectivity index (χ2v) is 5.72. The zero-order valence-corrected chi connectivity index (χ0v) is 14.1. The van der Waals surface area contributed by atoms with Crippen molar-refractivity contribution in [2.45, 2.75) is 20.3 Å². The Kier molecular flexibility index (Phi) is 4.75. The maximum Gasteiger partial charge on any atom is 0.311 e. The lowest BCUT2D eigenvalue weighted by atomic mass is 10.1. The summed E-state index contributed by atoms with van der Waals surface area (Å²) in [5, 5.41) is 17.4. The molecule has 2 aromatic carbocycles. The first-order valence-electron chi connectivity index (χ1n) is 8.01. The fourth-order valence-electron chi connectivity index (χ4n) is 2.34. The SMILES string of the molecule is CCc1ccc(-c2cc(N=NC(=O)c3ccc(C)cc3)c(O)o2)cc1. The second-order valence-electron chi connectivity index (χ2n) is 5.72. The monoisotopic (exact) mass is 334 g/mol. The third-order valence-corrected chi connectivity index (χ3v) is 3.89. The van der Waals surface area contributed by atoms with E-state index < -0.39 is 5.91 Å². The maximum atomic E-state index is 12.0. The molecule has 0 saturated heterocycles. The smallest absolute Gasteiger partial charge is 0.311 e. The van der Waals surface area contributed by atoms with Crippen LogP contribution >= 0.6 is 0 Å². The van der Waals surface area contributed by atoms with Crippen LogP contribution in [0, 0.1) is 6.92 Å². The first-order chi connectivity index (χ1) is 12.1. The molecule has 3 rings (SSSR count). The van der Waals surface area contributed by atoms with E-state index >= 15 is 0 Å². The van der Waals surface area contributed by atoms with Gasteiger partial charge in [-0.1, -0.05) is 48.9 Å². The molecule has 1 N–H and O–H groups in total. The summed E-state index contributed by atoms with van der Waals surface area (Å²) in [5.74, 6) is -0.374. The fourth-order valence-corrected chi connectivity index (χ4v) is 2.34. The lowest BCUT2D eigenvalue weighted by molar-refractivity contribution is 0.0995. The van der Waals surface area contributed by atoms with Crippen molar-refractivity contribution in [3.63, 3.8) is 0 Å². The topological polar surface area (TPSA) is 75.2 Å². The van der Waals surface area contributed by atoms with Gasteiger partial charge in [-0.05, 0) is 31.0 Å². The molecular weight excluding hydrogens is 316 g/mol. The van der Waals surface area contributed by atoms with E-state index in [4.69, 9.17) is 4.42 Å². The molecule has 0 spiro atoms. The summed E-state index contributed by atoms with van der Waals surface area (Å²) in [4.78, 5) is 12.0. The van der Waals surface area contributed by atoms with Crippen LogP contribution in [-0.4, -0.2) is 11.0 Å². The second kappa shape index (κ2) is 7.13. The minimum absolute atomic E-state index is 0.120. The van der Waals surface area contributed by atoms with Crippen LogP contribution in [0.4, 0.5) is 5.69 Å². The van der Waals surface area contributed by atoms with Gasteiger partial charge < -0.3 is 9.52 Å². The van der Waals surface area contributed by atoms with Crippen molar-refractivity contribution >= 4 is 11.6 Å². The van der Waals surface area contributed by atoms with Crippen molar-refractivity contribution in [3.8, 4) is 17.3 Å². The molecule has 0 radical (unpaired) electrons. The number of benzene rings is 2. The van der Waals surface area contributed by atoms with E-state index in [0.29, 0.717) is 11.3 Å². The van der Waals surface area contributed by atoms with Crippen LogP contribution in [0.3, 0.4) is 0 Å². The van der Waals surface area contributed by atoms with Gasteiger partial charge in [0.25, 0.3) is 5.91 Å². The van der Waals surface area contributed by atoms with Crippen molar-refractivity contribution in [2.75, 3.05) is 0 Å². The Bertz CT molecular complexity index is 907. The largest absolute Gasteiger partial charge is 0.479 e. The van der Waals surface area contributed by atoms with Gasteiger partial charge in [-0.15, -0.1) is 10.2 Å². The molecular formula is C20H18N2O3. The highest BCUT2D eigenvalue weighted by Crippen LogP contribution is 2.36. The minimum atomic E-state index is -0.477. The Labute approximate surface area is 145 Å². The number of aromatic hydroxyl groups is 1. The first kappa shape index (κ1) is 16.6. The van der Waals surface area contributed by atoms with Gasteiger partial charge in [-0.2, -0.15) is 0 Å². The first-order valence-corrected chi connectivity index (χ1v) is 8.01. The molecule has 25 heavy (non-hydrogen) atoms. The molecule has 0 unspecified atom stereocenters. The third kappa shape index (κ3) is 3.83. The molecule has 5 heteroatoms. The van der Waals surface area contributed by atoms with Crippen molar-refractivity contribution in [3.05, 3.63) is 71.3 Å². The Morgan fingerprint density at radius 1 is 1.08 bits per heavy atom. The molecule has 5 nitrogen and oxygen atoms in total. The fraction of sp³-hybridized carbons (Fsp3) is 0.150. The Morgan fingerprint density at radius 2 is 1.76 bits per heavy atom. The molecule has 0 atom stereocenters. The average Bonchev–Trinajstić information content (AvgIpc) is 3.01. The zero-order valence-electron chi connectivity index (χ0n) is 14.1. The van der Waals surface area contributed by atoms with Gasteiger partial charge in [0.1, 0.15) is 5.76 Å². The van der Waals surface area contributed by atoms with Crippen molar-refractivity contribution in [2.24, 2.45) is 10.2 Å². The highest BCUT2D eigenvalue weighted by atomic mass is 16.5. The quantitative estimate of drug-likeness (QED) is 0.645. The van der Waals surface area contributed by atoms with Gasteiger partial charge in [0.15, 0.2) is 5.69 Å². The molecule has 3 aromatic rings. The van der Waals surface area contributed by atoms with E-state index in [-0.39, 0.29) is 11.6 Å². The number of aryl methyl sites for hydroxylation is 2. The number of rotatable bonds is 4. The molecule has 0 saturated carbocycles. The lowest BCUT2D eigenvalue weighted by Gasteiger charge is -1.98. The Balaban J connectivity index is 1.79. The summed E-state index contributed by atoms with van der Waals surface area (Å²) in [6.07, 6.45) is 0.949. The predicted molar refractivity (Wildman–Crippen MR) is 95.2 cm³/mol. The normalized spacial score (nSPS) is 11.1. The maximum absolute atomic E-state index is 12.0. The molecule has 1 heterocycles. The molecule has 0 fully saturated rings. The Morgan fingerprint density at radius 3 is 2.40 bits per heavy atom. The predicted octanol–water partition coefficient (Wildman–Crippen LogP) is 5.45. The van der Waals surface area contributed by atoms with Crippen LogP contribution in [0.1, 0.15) is 28.4 Å². The van der Waals surface area contributed by atoms with Crippen LogP contribution in [0.15, 0.2) is 69.2 Å². The van der Waals surface area contributed by atoms with E-state index in [1.165, 1.54) is 5.56 Å². The van der Waals surface area contributed by atoms with Gasteiger partial charge in [0.2, 0.25) is 0 Å². The number of carbonyl (C=O) groups is 1. The van der Waals surface area contributed by atoms with Crippen LogP contribution in [0.5, 0.6) is 5.95 Å². The molecule has 1 amide bonds. The summed E-state index contributed by atoms with van der Waals surface area (Å²) in [5.41, 5.74) is 3.64. The van der Waals surface area contributed by atoms with E-state index in [2.05, 4.69) is 17.2 Å². The molecule has 0 aliphatic carbocycles. The highest BCUT2D eigenvalue weighted by Gasteiger charge is 2.12. The third-order valence-electron chi connectivity index (χ3n) is 3.89. The Hall–Kier alpha value is -3.21. The van der Waals surface area contributed by atoms with E-state index in [1.807, 2.05) is 43.3 Å². The summed E-state index contributed by atoms with van der Waals surface area (Å²) in [6, 6.07) is 16.4. The number of hydrogen-bond acceptors (Lipinski definition) is 4. The van der Waals surface area contributed by atoms with Gasteiger partial charge in [-0.3, -0.25) is 4.79 Å². The average molecular weight is 334 g/mol. The van der Waals surface area contributed by atoms with Gasteiger partial charge >= 0.3 is 5.95 Å². The summed E-state index contributed by atoms with van der Waals surface area (Å²) in [6.45, 7) is 4.02. The number of hydrogen-bond donors (Lipinski definition) is 1. The van der Waals surface area contributed by atoms with Crippen LogP contribution < -0.4 is 0 Å². The number of amides is 1. The van der Waals surface area contributed by atoms with E-state index in [9.17, 15) is 9.90 Å². The molecule has 126 valence electrons. The minimum Gasteiger partial charge on any atom is -0.479 e. The number of azo groups is 1. The number of nitrogens with zero attached hydrogens (tertiary/aromatic N) is 2. The molecule has 0 bridgehead atoms. The van der Waals surface area contributed by atoms with Crippen LogP contribution in [0.2, 0.25) is 0 Å². The van der Waals surface area contributed by atoms with Crippen LogP contribution in [-0.2, 0) is 6.42 Å². The van der Waals surface area contributed by atoms with Crippen LogP contribution in [0.25, 0.3) is 11.3 Å². The molecule has 0 aliphatic heterocycles. The van der Waals surface area contributed by atoms with Gasteiger partial charge in [0.05, 0.1) is 0 Å². The molecule has 1 aromatic heterocycles. The van der Waals surface area contributed by atoms with Crippen molar-refractivity contribution < 1.29 is 14.3 Å². The van der Waals surface area contributed by atoms with Gasteiger partial charge in [-0.25, -0.2) is 0 Å². The highest BCUT2D eigenvalue weighted by molar-refractivity contribution is 5.94. The summed E-state index contributed by atoms with van der Waals surface area (Å²) < 4.78 is 5.32. The zero-order chi connectivity index (χ0) is 17.8. The molecule has 0 aliphatic rings. The number of carbonyl (C=O) groups excluding carboxylic acids is 1. The van der Waals surface area contributed by atoms with E-state index in [0.717, 1.165) is 17.5 Å². The standard InChI is InChI=1S/C20H18N2O3/c1-3-14-6-10-15(11-7-14)18-12-17(20(24)25-18)21-22-19(23)16-8-4-13(2)5-9-16/h4-12,24H,3H2,1-2H3. The van der Waals surface area contributed by atoms with Gasteiger partial charge in [0, 0.05) is 17.2 Å².